The molecule has 1 aliphatic heterocycles. The maximum atomic E-state index is 12.9. The molecule has 1 heterocycles. The van der Waals surface area contributed by atoms with Gasteiger partial charge in [-0.2, -0.15) is 0 Å². The Kier molecular flexibility index (Phi) is 10.2. The van der Waals surface area contributed by atoms with Crippen molar-refractivity contribution in [2.75, 3.05) is 7.11 Å². The highest BCUT2D eigenvalue weighted by molar-refractivity contribution is 5.78. The molecule has 1 fully saturated rings. The van der Waals surface area contributed by atoms with Crippen LogP contribution in [0.5, 0.6) is 5.75 Å². The summed E-state index contributed by atoms with van der Waals surface area (Å²) in [5.74, 6) is 1.68. The van der Waals surface area contributed by atoms with E-state index in [0.29, 0.717) is 5.92 Å². The van der Waals surface area contributed by atoms with E-state index >= 15 is 0 Å². The molecule has 4 nitrogen and oxygen atoms in total. The van der Waals surface area contributed by atoms with Crippen LogP contribution in [-0.4, -0.2) is 29.8 Å². The van der Waals surface area contributed by atoms with E-state index in [1.165, 1.54) is 24.8 Å². The molecule has 2 N–H and O–H groups in total. The molecule has 170 valence electrons. The van der Waals surface area contributed by atoms with Crippen molar-refractivity contribution in [3.63, 3.8) is 0 Å². The van der Waals surface area contributed by atoms with E-state index in [4.69, 9.17) is 4.74 Å². The number of methoxy groups -OCH3 is 1. The van der Waals surface area contributed by atoms with E-state index in [9.17, 15) is 9.90 Å². The largest absolute Gasteiger partial charge is 0.497 e. The second-order valence-corrected chi connectivity index (χ2v) is 9.65. The van der Waals surface area contributed by atoms with E-state index in [1.54, 1.807) is 7.11 Å². The van der Waals surface area contributed by atoms with Crippen LogP contribution in [0.4, 0.5) is 0 Å². The van der Waals surface area contributed by atoms with Crippen molar-refractivity contribution in [2.45, 2.75) is 103 Å². The monoisotopic (exact) mass is 417 g/mol. The molecule has 1 amide bonds. The van der Waals surface area contributed by atoms with Crippen molar-refractivity contribution >= 4 is 5.91 Å². The Balaban J connectivity index is 2.08. The third kappa shape index (κ3) is 8.67. The van der Waals surface area contributed by atoms with Crippen molar-refractivity contribution in [3.05, 3.63) is 29.8 Å². The van der Waals surface area contributed by atoms with Gasteiger partial charge >= 0.3 is 0 Å². The first-order valence-electron chi connectivity index (χ1n) is 12.0. The maximum Gasteiger partial charge on any atom is 0.223 e. The van der Waals surface area contributed by atoms with Crippen molar-refractivity contribution in [3.8, 4) is 5.75 Å². The molecule has 0 radical (unpaired) electrons. The average Bonchev–Trinajstić information content (AvgIpc) is 2.73. The van der Waals surface area contributed by atoms with Crippen LogP contribution < -0.4 is 10.1 Å². The number of nitrogens with one attached hydrogen (secondary N) is 1. The van der Waals surface area contributed by atoms with Gasteiger partial charge in [0.1, 0.15) is 5.75 Å². The molecule has 0 spiro atoms. The summed E-state index contributed by atoms with van der Waals surface area (Å²) in [5, 5.41) is 14.0. The van der Waals surface area contributed by atoms with Crippen molar-refractivity contribution in [1.29, 1.82) is 0 Å². The van der Waals surface area contributed by atoms with Gasteiger partial charge in [0.25, 0.3) is 0 Å². The Morgan fingerprint density at radius 1 is 1.07 bits per heavy atom. The fourth-order valence-corrected chi connectivity index (χ4v) is 4.59. The lowest BCUT2D eigenvalue weighted by molar-refractivity contribution is -0.125. The third-order valence-corrected chi connectivity index (χ3v) is 6.87. The lowest BCUT2D eigenvalue weighted by Gasteiger charge is -2.24. The smallest absolute Gasteiger partial charge is 0.223 e. The third-order valence-electron chi connectivity index (χ3n) is 6.87. The molecule has 1 saturated heterocycles. The fraction of sp³-hybridized carbons (Fsp3) is 0.731. The quantitative estimate of drug-likeness (QED) is 0.664. The van der Waals surface area contributed by atoms with Crippen LogP contribution in [0.15, 0.2) is 24.3 Å². The summed E-state index contributed by atoms with van der Waals surface area (Å²) in [6.45, 7) is 6.24. The van der Waals surface area contributed by atoms with Crippen LogP contribution in [0, 0.1) is 11.8 Å². The summed E-state index contributed by atoms with van der Waals surface area (Å²) >= 11 is 0. The molecule has 2 unspecified atom stereocenters. The first kappa shape index (κ1) is 24.7. The van der Waals surface area contributed by atoms with Crippen molar-refractivity contribution < 1.29 is 14.6 Å². The number of benzene rings is 1. The van der Waals surface area contributed by atoms with Crippen LogP contribution in [0.2, 0.25) is 0 Å². The number of amides is 1. The molecule has 1 aliphatic rings. The zero-order chi connectivity index (χ0) is 22.0. The van der Waals surface area contributed by atoms with Crippen molar-refractivity contribution in [2.24, 2.45) is 11.8 Å². The fourth-order valence-electron chi connectivity index (χ4n) is 4.59. The SMILES string of the molecule is CCC1CCCC[C@@](C)(O)CCC[C@@H](C)C(=O)NC(Cc2ccc(OC)cc2)CC1. The Bertz CT molecular complexity index is 626. The van der Waals surface area contributed by atoms with Crippen LogP contribution >= 0.6 is 0 Å². The van der Waals surface area contributed by atoms with Crippen LogP contribution in [0.25, 0.3) is 0 Å². The lowest BCUT2D eigenvalue weighted by Crippen LogP contribution is -2.40. The standard InChI is InChI=1S/C26H43NO3/c1-5-21-10-6-7-17-26(3,29)18-8-9-20(2)25(28)27-23(14-11-21)19-22-12-15-24(30-4)16-13-22/h12-13,15-16,20-21,23,29H,5-11,14,17-19H2,1-4H3,(H,27,28)/t20-,21?,23?,26-/m1/s1. The minimum absolute atomic E-state index is 0.0220. The minimum Gasteiger partial charge on any atom is -0.497 e. The molecular weight excluding hydrogens is 374 g/mol. The molecule has 4 heteroatoms. The predicted octanol–water partition coefficient (Wildman–Crippen LogP) is 5.66. The summed E-state index contributed by atoms with van der Waals surface area (Å²) < 4.78 is 5.27. The molecule has 1 aromatic rings. The highest BCUT2D eigenvalue weighted by Crippen LogP contribution is 2.26. The van der Waals surface area contributed by atoms with Gasteiger partial charge < -0.3 is 15.2 Å². The number of rotatable bonds is 4. The van der Waals surface area contributed by atoms with Gasteiger partial charge in [0.15, 0.2) is 0 Å². The molecule has 0 bridgehead atoms. The van der Waals surface area contributed by atoms with Crippen LogP contribution in [0.1, 0.15) is 90.5 Å². The van der Waals surface area contributed by atoms with Gasteiger partial charge in [-0.1, -0.05) is 51.7 Å². The number of hydrogen-bond acceptors (Lipinski definition) is 3. The number of ether oxygens (including phenoxy) is 1. The number of carbonyl (C=O) groups excluding carboxylic acids is 1. The molecule has 0 aliphatic carbocycles. The Morgan fingerprint density at radius 2 is 1.77 bits per heavy atom. The van der Waals surface area contributed by atoms with Gasteiger partial charge in [0, 0.05) is 12.0 Å². The van der Waals surface area contributed by atoms with Gasteiger partial charge in [0.05, 0.1) is 12.7 Å². The Morgan fingerprint density at radius 3 is 2.43 bits per heavy atom. The summed E-state index contributed by atoms with van der Waals surface area (Å²) in [5.41, 5.74) is 0.630. The second-order valence-electron chi connectivity index (χ2n) is 9.65. The molecular formula is C26H43NO3. The van der Waals surface area contributed by atoms with Crippen molar-refractivity contribution in [1.82, 2.24) is 5.32 Å². The molecule has 2 rings (SSSR count). The predicted molar refractivity (Wildman–Crippen MR) is 124 cm³/mol. The van der Waals surface area contributed by atoms with Gasteiger partial charge in [-0.05, 0) is 75.5 Å². The molecule has 0 aromatic heterocycles. The topological polar surface area (TPSA) is 58.6 Å². The van der Waals surface area contributed by atoms with Gasteiger partial charge in [0.2, 0.25) is 5.91 Å². The molecule has 4 atom stereocenters. The van der Waals surface area contributed by atoms with E-state index < -0.39 is 5.60 Å². The van der Waals surface area contributed by atoms with E-state index in [2.05, 4.69) is 24.4 Å². The lowest BCUT2D eigenvalue weighted by atomic mass is 9.88. The van der Waals surface area contributed by atoms with Gasteiger partial charge in [-0.15, -0.1) is 0 Å². The zero-order valence-corrected chi connectivity index (χ0v) is 19.6. The van der Waals surface area contributed by atoms with E-state index in [-0.39, 0.29) is 17.9 Å². The second kappa shape index (κ2) is 12.3. The highest BCUT2D eigenvalue weighted by Gasteiger charge is 2.23. The van der Waals surface area contributed by atoms with Crippen LogP contribution in [0.3, 0.4) is 0 Å². The summed E-state index contributed by atoms with van der Waals surface area (Å²) in [7, 11) is 1.68. The zero-order valence-electron chi connectivity index (χ0n) is 19.6. The molecule has 0 saturated carbocycles. The highest BCUT2D eigenvalue weighted by atomic mass is 16.5. The summed E-state index contributed by atoms with van der Waals surface area (Å²) in [4.78, 5) is 12.9. The summed E-state index contributed by atoms with van der Waals surface area (Å²) in [6.07, 6.45) is 11.0. The van der Waals surface area contributed by atoms with Gasteiger partial charge in [-0.25, -0.2) is 0 Å². The minimum atomic E-state index is -0.602. The van der Waals surface area contributed by atoms with E-state index in [1.807, 2.05) is 26.0 Å². The van der Waals surface area contributed by atoms with Gasteiger partial charge in [-0.3, -0.25) is 4.79 Å². The molecule has 30 heavy (non-hydrogen) atoms. The number of carbonyl (C=O) groups is 1. The first-order valence-corrected chi connectivity index (χ1v) is 12.0. The average molecular weight is 418 g/mol. The molecule has 1 aromatic carbocycles. The maximum absolute atomic E-state index is 12.9. The van der Waals surface area contributed by atoms with E-state index in [0.717, 1.165) is 57.1 Å². The summed E-state index contributed by atoms with van der Waals surface area (Å²) in [6, 6.07) is 8.35. The normalized spacial score (nSPS) is 30.0. The Hall–Kier alpha value is -1.55. The number of hydrogen-bond donors (Lipinski definition) is 2. The number of aliphatic hydroxyl groups is 1. The Labute approximate surface area is 183 Å². The first-order chi connectivity index (χ1) is 14.3. The van der Waals surface area contributed by atoms with Crippen LogP contribution in [-0.2, 0) is 11.2 Å².